The number of aliphatic hydroxyl groups excluding tert-OH is 1. The molecule has 2 heterocycles. The number of carbonyl (C=O) groups excluding carboxylic acids is 1. The molecule has 0 aromatic carbocycles. The quantitative estimate of drug-likeness (QED) is 0.0802. The third kappa shape index (κ3) is 13.2. The number of hydrogen-bond acceptors (Lipinski definition) is 8. The van der Waals surface area contributed by atoms with Gasteiger partial charge in [-0.25, -0.2) is 9.59 Å². The fourth-order valence-electron chi connectivity index (χ4n) is 5.81. The van der Waals surface area contributed by atoms with Crippen LogP contribution in [0.2, 0.25) is 0 Å². The van der Waals surface area contributed by atoms with E-state index in [0.717, 1.165) is 37.0 Å². The molecule has 2 fully saturated rings. The minimum absolute atomic E-state index is 0.186. The summed E-state index contributed by atoms with van der Waals surface area (Å²) in [5.41, 5.74) is 0.314. The predicted octanol–water partition coefficient (Wildman–Crippen LogP) is 6.13. The Morgan fingerprint density at radius 2 is 1.66 bits per heavy atom. The average molecular weight is 661 g/mol. The maximum Gasteiger partial charge on any atom is 0.328 e. The number of esters is 1. The molecule has 7 atom stereocenters. The number of rotatable bonds is 17. The largest absolute Gasteiger partial charge is 0.481 e. The molecule has 2 saturated heterocycles. The van der Waals surface area contributed by atoms with Gasteiger partial charge in [0.1, 0.15) is 11.7 Å². The third-order valence-corrected chi connectivity index (χ3v) is 8.78. The summed E-state index contributed by atoms with van der Waals surface area (Å²) in [4.78, 5) is 46.0. The van der Waals surface area contributed by atoms with Gasteiger partial charge in [0.25, 0.3) is 0 Å². The van der Waals surface area contributed by atoms with Crippen molar-refractivity contribution in [3.05, 3.63) is 59.8 Å². The topological polar surface area (TPSA) is 177 Å². The third-order valence-electron chi connectivity index (χ3n) is 8.78. The zero-order valence-corrected chi connectivity index (χ0v) is 28.2. The van der Waals surface area contributed by atoms with E-state index in [1.54, 1.807) is 38.2 Å². The van der Waals surface area contributed by atoms with Crippen LogP contribution in [0.3, 0.4) is 0 Å². The Kier molecular flexibility index (Phi) is 15.8. The summed E-state index contributed by atoms with van der Waals surface area (Å²) in [7, 11) is 0. The monoisotopic (exact) mass is 660 g/mol. The maximum atomic E-state index is 12.9. The van der Waals surface area contributed by atoms with Crippen LogP contribution in [0.15, 0.2) is 59.8 Å². The Morgan fingerprint density at radius 1 is 0.936 bits per heavy atom. The number of allylic oxidation sites excluding steroid dienone is 4. The van der Waals surface area contributed by atoms with Crippen LogP contribution < -0.4 is 0 Å². The highest BCUT2D eigenvalue weighted by Crippen LogP contribution is 2.48. The highest BCUT2D eigenvalue weighted by Gasteiger charge is 2.54. The van der Waals surface area contributed by atoms with Gasteiger partial charge in [0.2, 0.25) is 0 Å². The van der Waals surface area contributed by atoms with E-state index in [1.165, 1.54) is 6.08 Å². The van der Waals surface area contributed by atoms with Crippen molar-refractivity contribution in [1.29, 1.82) is 0 Å². The van der Waals surface area contributed by atoms with E-state index >= 15 is 0 Å². The molecule has 2 aliphatic heterocycles. The minimum Gasteiger partial charge on any atom is -0.481 e. The number of carboxylic acids is 3. The standard InChI is InChI=1S/C36H52O11/c1-6-7-19-35(47-34(44)17-16-32(40)41)21-22-36(46-30(35)14-10-25(3)23-33(42)43)20-18-27(5)29(45-36)13-9-24(2)8-12-28(37)26(4)11-15-31(38)39/h8-12,14-15,23,26-30,37H,6-7,13,16-22H2,1-5H3,(H,38,39)(H,40,41)(H,42,43)/b12-8+,14-10+,15-11+,24-9+,25-23+/t26-,27-,28-,29?,30?,35+,36-/m0/s1. The summed E-state index contributed by atoms with van der Waals surface area (Å²) in [5.74, 6) is -4.98. The van der Waals surface area contributed by atoms with E-state index in [4.69, 9.17) is 24.4 Å². The molecule has 4 N–H and O–H groups in total. The van der Waals surface area contributed by atoms with E-state index in [1.807, 2.05) is 19.9 Å². The molecule has 1 spiro atoms. The number of aliphatic carboxylic acids is 3. The first kappa shape index (κ1) is 39.6. The van der Waals surface area contributed by atoms with Gasteiger partial charge in [0, 0.05) is 30.9 Å². The molecule has 11 nitrogen and oxygen atoms in total. The smallest absolute Gasteiger partial charge is 0.328 e. The van der Waals surface area contributed by atoms with Crippen LogP contribution in [0.5, 0.6) is 0 Å². The molecule has 2 rings (SSSR count). The second kappa shape index (κ2) is 18.7. The van der Waals surface area contributed by atoms with Crippen molar-refractivity contribution < 1.29 is 53.8 Å². The number of unbranched alkanes of at least 4 members (excludes halogenated alkanes) is 1. The molecule has 2 aliphatic rings. The summed E-state index contributed by atoms with van der Waals surface area (Å²) in [5, 5.41) is 37.5. The fourth-order valence-corrected chi connectivity index (χ4v) is 5.81. The number of carbonyl (C=O) groups is 4. The highest BCUT2D eigenvalue weighted by atomic mass is 16.7. The Morgan fingerprint density at radius 3 is 2.30 bits per heavy atom. The SMILES string of the molecule is CCCC[C@@]1(OC(=O)CCC(=O)O)CC[C@]2(CC[C@H](C)C(C/C=C(C)/C=C/[C@H](O)[C@@H](C)/C=C/C(=O)O)O2)OC1/C=C/C(C)=C/C(=O)O. The van der Waals surface area contributed by atoms with Crippen LogP contribution in [-0.2, 0) is 33.4 Å². The first-order valence-electron chi connectivity index (χ1n) is 16.4. The summed E-state index contributed by atoms with van der Waals surface area (Å²) >= 11 is 0. The molecule has 2 unspecified atom stereocenters. The minimum atomic E-state index is -1.09. The maximum absolute atomic E-state index is 12.9. The zero-order chi connectivity index (χ0) is 35.2. The number of aliphatic hydroxyl groups is 1. The molecule has 0 aliphatic carbocycles. The van der Waals surface area contributed by atoms with Gasteiger partial charge in [-0.3, -0.25) is 9.59 Å². The molecule has 0 saturated carbocycles. The lowest BCUT2D eigenvalue weighted by Gasteiger charge is -2.53. The van der Waals surface area contributed by atoms with Gasteiger partial charge < -0.3 is 34.6 Å². The van der Waals surface area contributed by atoms with Crippen LogP contribution in [0.4, 0.5) is 0 Å². The Balaban J connectivity index is 2.31. The number of hydrogen-bond donors (Lipinski definition) is 4. The predicted molar refractivity (Wildman–Crippen MR) is 175 cm³/mol. The molecule has 0 amide bonds. The van der Waals surface area contributed by atoms with Gasteiger partial charge in [0.05, 0.1) is 25.0 Å². The van der Waals surface area contributed by atoms with Crippen LogP contribution in [-0.4, -0.2) is 74.0 Å². The molecule has 262 valence electrons. The number of ether oxygens (including phenoxy) is 3. The van der Waals surface area contributed by atoms with Crippen molar-refractivity contribution in [2.45, 2.75) is 129 Å². The highest BCUT2D eigenvalue weighted by molar-refractivity contribution is 5.81. The van der Waals surface area contributed by atoms with Crippen LogP contribution >= 0.6 is 0 Å². The van der Waals surface area contributed by atoms with Crippen LogP contribution in [0.25, 0.3) is 0 Å². The van der Waals surface area contributed by atoms with E-state index in [-0.39, 0.29) is 30.8 Å². The zero-order valence-electron chi connectivity index (χ0n) is 28.2. The first-order valence-corrected chi connectivity index (χ1v) is 16.4. The molecule has 0 bridgehead atoms. The van der Waals surface area contributed by atoms with Crippen molar-refractivity contribution in [1.82, 2.24) is 0 Å². The Hall–Kier alpha value is -3.54. The van der Waals surface area contributed by atoms with Gasteiger partial charge >= 0.3 is 23.9 Å². The van der Waals surface area contributed by atoms with E-state index < -0.39 is 47.5 Å². The molecule has 47 heavy (non-hydrogen) atoms. The van der Waals surface area contributed by atoms with E-state index in [0.29, 0.717) is 37.7 Å². The van der Waals surface area contributed by atoms with Gasteiger partial charge in [-0.1, -0.05) is 69.2 Å². The van der Waals surface area contributed by atoms with Gasteiger partial charge in [-0.05, 0) is 57.4 Å². The first-order chi connectivity index (χ1) is 22.1. The lowest BCUT2D eigenvalue weighted by molar-refractivity contribution is -0.344. The van der Waals surface area contributed by atoms with Crippen molar-refractivity contribution in [3.63, 3.8) is 0 Å². The molecule has 0 aromatic rings. The van der Waals surface area contributed by atoms with Crippen LogP contribution in [0.1, 0.15) is 98.8 Å². The molecular formula is C36H52O11. The van der Waals surface area contributed by atoms with Crippen LogP contribution in [0, 0.1) is 11.8 Å². The summed E-state index contributed by atoms with van der Waals surface area (Å²) < 4.78 is 19.5. The molecule has 0 radical (unpaired) electrons. The van der Waals surface area contributed by atoms with Crippen molar-refractivity contribution in [2.75, 3.05) is 0 Å². The van der Waals surface area contributed by atoms with Crippen molar-refractivity contribution >= 4 is 23.9 Å². The lowest BCUT2D eigenvalue weighted by atomic mass is 9.78. The lowest BCUT2D eigenvalue weighted by Crippen LogP contribution is -2.59. The van der Waals surface area contributed by atoms with E-state index in [2.05, 4.69) is 6.92 Å². The summed E-state index contributed by atoms with van der Waals surface area (Å²) in [6.07, 6.45) is 14.9. The summed E-state index contributed by atoms with van der Waals surface area (Å²) in [6.45, 7) is 9.44. The summed E-state index contributed by atoms with van der Waals surface area (Å²) in [6, 6.07) is 0. The second-order valence-corrected chi connectivity index (χ2v) is 12.8. The number of carboxylic acid groups (broad SMARTS) is 3. The van der Waals surface area contributed by atoms with E-state index in [9.17, 15) is 29.4 Å². The normalized spacial score (nSPS) is 28.6. The molecule has 11 heteroatoms. The van der Waals surface area contributed by atoms with Gasteiger partial charge in [-0.2, -0.15) is 0 Å². The van der Waals surface area contributed by atoms with Crippen molar-refractivity contribution in [3.8, 4) is 0 Å². The molecular weight excluding hydrogens is 608 g/mol. The fraction of sp³-hybridized carbons (Fsp3) is 0.611. The Labute approximate surface area is 277 Å². The molecule has 0 aromatic heterocycles. The van der Waals surface area contributed by atoms with Gasteiger partial charge in [-0.15, -0.1) is 0 Å². The van der Waals surface area contributed by atoms with Gasteiger partial charge in [0.15, 0.2) is 5.79 Å². The second-order valence-electron chi connectivity index (χ2n) is 12.8. The average Bonchev–Trinajstić information content (AvgIpc) is 3.01. The van der Waals surface area contributed by atoms with Crippen molar-refractivity contribution in [2.24, 2.45) is 11.8 Å². The Bertz CT molecular complexity index is 1250.